The molecule has 0 aliphatic rings. The van der Waals surface area contributed by atoms with Crippen molar-refractivity contribution in [2.24, 2.45) is 0 Å². The Balaban J connectivity index is 2.24. The second kappa shape index (κ2) is 5.28. The summed E-state index contributed by atoms with van der Waals surface area (Å²) in [6, 6.07) is 3.72. The number of nitrogens with two attached hydrogens (primary N) is 1. The number of nitrogen functional groups attached to an aromatic ring is 1. The number of thiophene rings is 1. The Morgan fingerprint density at radius 2 is 2.11 bits per heavy atom. The van der Waals surface area contributed by atoms with E-state index in [9.17, 15) is 12.8 Å². The summed E-state index contributed by atoms with van der Waals surface area (Å²) in [7, 11) is -3.82. The highest BCUT2D eigenvalue weighted by molar-refractivity contribution is 7.89. The van der Waals surface area contributed by atoms with Gasteiger partial charge in [-0.3, -0.25) is 0 Å². The van der Waals surface area contributed by atoms with E-state index >= 15 is 0 Å². The van der Waals surface area contributed by atoms with Crippen LogP contribution in [0, 0.1) is 12.7 Å². The molecule has 0 amide bonds. The molecule has 2 aromatic rings. The van der Waals surface area contributed by atoms with Gasteiger partial charge >= 0.3 is 0 Å². The maximum absolute atomic E-state index is 13.3. The molecule has 1 aromatic heterocycles. The standard InChI is InChI=1S/C12H13FN2O2S2/c1-8-6-18-7-9(8)5-15-19(16,17)11-4-2-3-10(13)12(11)14/h2-4,6-7,15H,5,14H2,1H3. The van der Waals surface area contributed by atoms with E-state index in [-0.39, 0.29) is 17.1 Å². The summed E-state index contributed by atoms with van der Waals surface area (Å²) in [5, 5.41) is 3.80. The number of hydrogen-bond donors (Lipinski definition) is 2. The van der Waals surface area contributed by atoms with Gasteiger partial charge in [-0.15, -0.1) is 0 Å². The first-order valence-electron chi connectivity index (χ1n) is 5.47. The molecule has 0 aliphatic heterocycles. The molecular weight excluding hydrogens is 287 g/mol. The second-order valence-electron chi connectivity index (χ2n) is 4.06. The molecule has 1 heterocycles. The number of anilines is 1. The monoisotopic (exact) mass is 300 g/mol. The molecule has 0 unspecified atom stereocenters. The van der Waals surface area contributed by atoms with Crippen molar-refractivity contribution in [2.75, 3.05) is 5.73 Å². The van der Waals surface area contributed by atoms with Gasteiger partial charge in [0.15, 0.2) is 0 Å². The Labute approximate surface area is 115 Å². The van der Waals surface area contributed by atoms with Crippen molar-refractivity contribution in [2.45, 2.75) is 18.4 Å². The molecule has 0 atom stereocenters. The van der Waals surface area contributed by atoms with Crippen molar-refractivity contribution < 1.29 is 12.8 Å². The average Bonchev–Trinajstić information content (AvgIpc) is 2.76. The zero-order chi connectivity index (χ0) is 14.0. The number of rotatable bonds is 4. The van der Waals surface area contributed by atoms with Gasteiger partial charge in [0.1, 0.15) is 10.7 Å². The first-order chi connectivity index (χ1) is 8.92. The summed E-state index contributed by atoms with van der Waals surface area (Å²) < 4.78 is 39.8. The van der Waals surface area contributed by atoms with Crippen LogP contribution in [0.15, 0.2) is 33.9 Å². The summed E-state index contributed by atoms with van der Waals surface area (Å²) in [5.74, 6) is -0.741. The van der Waals surface area contributed by atoms with Gasteiger partial charge in [0.25, 0.3) is 0 Å². The minimum Gasteiger partial charge on any atom is -0.395 e. The largest absolute Gasteiger partial charge is 0.395 e. The highest BCUT2D eigenvalue weighted by atomic mass is 32.2. The zero-order valence-electron chi connectivity index (χ0n) is 10.2. The van der Waals surface area contributed by atoms with Crippen LogP contribution in [0.25, 0.3) is 0 Å². The van der Waals surface area contributed by atoms with Gasteiger partial charge in [-0.2, -0.15) is 11.3 Å². The molecule has 0 aliphatic carbocycles. The van der Waals surface area contributed by atoms with Crippen LogP contribution in [0.5, 0.6) is 0 Å². The minimum atomic E-state index is -3.82. The lowest BCUT2D eigenvalue weighted by atomic mass is 10.2. The SMILES string of the molecule is Cc1cscc1CNS(=O)(=O)c1cccc(F)c1N. The molecule has 0 radical (unpaired) electrons. The Bertz CT molecular complexity index is 696. The van der Waals surface area contributed by atoms with E-state index in [1.807, 2.05) is 17.7 Å². The second-order valence-corrected chi connectivity index (χ2v) is 6.54. The normalized spacial score (nSPS) is 11.7. The van der Waals surface area contributed by atoms with Gasteiger partial charge in [-0.25, -0.2) is 17.5 Å². The van der Waals surface area contributed by atoms with Crippen molar-refractivity contribution in [3.63, 3.8) is 0 Å². The van der Waals surface area contributed by atoms with Crippen LogP contribution >= 0.6 is 11.3 Å². The summed E-state index contributed by atoms with van der Waals surface area (Å²) in [6.45, 7) is 2.06. The predicted octanol–water partition coefficient (Wildman–Crippen LogP) is 2.26. The molecule has 0 spiro atoms. The molecular formula is C12H13FN2O2S2. The Kier molecular flexibility index (Phi) is 3.88. The van der Waals surface area contributed by atoms with Gasteiger partial charge in [0.2, 0.25) is 10.0 Å². The molecule has 7 heteroatoms. The number of aryl methyl sites for hydroxylation is 1. The number of sulfonamides is 1. The molecule has 0 bridgehead atoms. The molecule has 0 saturated carbocycles. The van der Waals surface area contributed by atoms with Crippen LogP contribution in [-0.4, -0.2) is 8.42 Å². The van der Waals surface area contributed by atoms with Crippen LogP contribution in [-0.2, 0) is 16.6 Å². The van der Waals surface area contributed by atoms with Crippen molar-refractivity contribution in [3.8, 4) is 0 Å². The fourth-order valence-corrected chi connectivity index (χ4v) is 3.57. The van der Waals surface area contributed by atoms with Crippen LogP contribution in [0.2, 0.25) is 0 Å². The van der Waals surface area contributed by atoms with Crippen LogP contribution in [0.4, 0.5) is 10.1 Å². The molecule has 19 heavy (non-hydrogen) atoms. The molecule has 0 fully saturated rings. The van der Waals surface area contributed by atoms with E-state index in [1.54, 1.807) is 0 Å². The summed E-state index contributed by atoms with van der Waals surface area (Å²) in [6.07, 6.45) is 0. The average molecular weight is 300 g/mol. The lowest BCUT2D eigenvalue weighted by Gasteiger charge is -2.09. The van der Waals surface area contributed by atoms with Gasteiger partial charge in [-0.1, -0.05) is 6.07 Å². The molecule has 4 nitrogen and oxygen atoms in total. The fourth-order valence-electron chi connectivity index (χ4n) is 1.57. The summed E-state index contributed by atoms with van der Waals surface area (Å²) in [5.41, 5.74) is 7.00. The van der Waals surface area contributed by atoms with Gasteiger partial charge in [-0.05, 0) is 40.9 Å². The lowest BCUT2D eigenvalue weighted by Crippen LogP contribution is -2.24. The maximum atomic E-state index is 13.3. The number of para-hydroxylation sites is 1. The highest BCUT2D eigenvalue weighted by Gasteiger charge is 2.19. The quantitative estimate of drug-likeness (QED) is 0.851. The third kappa shape index (κ3) is 2.94. The van der Waals surface area contributed by atoms with Crippen molar-refractivity contribution in [1.29, 1.82) is 0 Å². The predicted molar refractivity (Wildman–Crippen MR) is 73.9 cm³/mol. The van der Waals surface area contributed by atoms with E-state index in [2.05, 4.69) is 4.72 Å². The number of nitrogens with one attached hydrogen (secondary N) is 1. The van der Waals surface area contributed by atoms with Gasteiger partial charge in [0.05, 0.1) is 5.69 Å². The third-order valence-corrected chi connectivity index (χ3v) is 5.09. The van der Waals surface area contributed by atoms with Crippen LogP contribution in [0.3, 0.4) is 0 Å². The maximum Gasteiger partial charge on any atom is 0.243 e. The highest BCUT2D eigenvalue weighted by Crippen LogP contribution is 2.21. The van der Waals surface area contributed by atoms with Crippen LogP contribution < -0.4 is 10.5 Å². The third-order valence-electron chi connectivity index (χ3n) is 2.72. The Morgan fingerprint density at radius 1 is 1.37 bits per heavy atom. The molecule has 2 rings (SSSR count). The molecule has 0 saturated heterocycles. The zero-order valence-corrected chi connectivity index (χ0v) is 11.8. The van der Waals surface area contributed by atoms with Gasteiger partial charge < -0.3 is 5.73 Å². The number of hydrogen-bond acceptors (Lipinski definition) is 4. The topological polar surface area (TPSA) is 72.2 Å². The lowest BCUT2D eigenvalue weighted by molar-refractivity contribution is 0.579. The van der Waals surface area contributed by atoms with Crippen molar-refractivity contribution >= 4 is 27.0 Å². The Hall–Kier alpha value is -1.44. The molecule has 1 aromatic carbocycles. The van der Waals surface area contributed by atoms with Crippen molar-refractivity contribution in [1.82, 2.24) is 4.72 Å². The van der Waals surface area contributed by atoms with Crippen molar-refractivity contribution in [3.05, 3.63) is 45.9 Å². The first-order valence-corrected chi connectivity index (χ1v) is 7.90. The molecule has 102 valence electrons. The number of benzene rings is 1. The van der Waals surface area contributed by atoms with E-state index in [4.69, 9.17) is 5.73 Å². The summed E-state index contributed by atoms with van der Waals surface area (Å²) >= 11 is 1.50. The smallest absolute Gasteiger partial charge is 0.243 e. The minimum absolute atomic E-state index is 0.160. The Morgan fingerprint density at radius 3 is 2.74 bits per heavy atom. The number of halogens is 1. The van der Waals surface area contributed by atoms with E-state index < -0.39 is 15.8 Å². The van der Waals surface area contributed by atoms with E-state index in [0.29, 0.717) is 0 Å². The van der Waals surface area contributed by atoms with Gasteiger partial charge in [0, 0.05) is 6.54 Å². The fraction of sp³-hybridized carbons (Fsp3) is 0.167. The van der Waals surface area contributed by atoms with E-state index in [0.717, 1.165) is 17.2 Å². The van der Waals surface area contributed by atoms with E-state index in [1.165, 1.54) is 23.5 Å². The first kappa shape index (κ1) is 14.0. The summed E-state index contributed by atoms with van der Waals surface area (Å²) in [4.78, 5) is -0.236. The van der Waals surface area contributed by atoms with Crippen LogP contribution in [0.1, 0.15) is 11.1 Å². The molecule has 3 N–H and O–H groups in total.